The number of halogens is 1. The Kier molecular flexibility index (Phi) is 5.47. The van der Waals surface area contributed by atoms with E-state index in [0.717, 1.165) is 16.8 Å². The maximum Gasteiger partial charge on any atom is 0.119 e. The van der Waals surface area contributed by atoms with E-state index in [1.54, 1.807) is 7.11 Å². The summed E-state index contributed by atoms with van der Waals surface area (Å²) in [6, 6.07) is 7.10. The molecule has 0 aromatic heterocycles. The van der Waals surface area contributed by atoms with E-state index in [0.29, 0.717) is 18.5 Å². The molecular formula is C16H25BrN2O. The van der Waals surface area contributed by atoms with Gasteiger partial charge in [-0.05, 0) is 42.5 Å². The van der Waals surface area contributed by atoms with Crippen molar-refractivity contribution < 1.29 is 4.74 Å². The second-order valence-corrected chi connectivity index (χ2v) is 6.82. The molecule has 1 aliphatic carbocycles. The fraction of sp³-hybridized carbons (Fsp3) is 0.625. The number of rotatable bonds is 7. The molecule has 1 atom stereocenters. The van der Waals surface area contributed by atoms with Crippen LogP contribution in [0, 0.1) is 5.92 Å². The summed E-state index contributed by atoms with van der Waals surface area (Å²) in [5.41, 5.74) is 7.34. The summed E-state index contributed by atoms with van der Waals surface area (Å²) in [5, 5.41) is 0. The molecule has 1 aromatic carbocycles. The van der Waals surface area contributed by atoms with E-state index in [-0.39, 0.29) is 6.04 Å². The standard InChI is InChI=1S/C16H25BrN2O/c1-11(2)10-19(12-4-5-12)16(9-18)14-8-13(20-3)6-7-15(14)17/h6-8,11-12,16H,4-5,9-10,18H2,1-3H3. The Balaban J connectivity index is 2.29. The van der Waals surface area contributed by atoms with Crippen LogP contribution in [-0.2, 0) is 0 Å². The lowest BCUT2D eigenvalue weighted by Gasteiger charge is -2.33. The Morgan fingerprint density at radius 2 is 2.10 bits per heavy atom. The molecule has 4 heteroatoms. The van der Waals surface area contributed by atoms with Crippen molar-refractivity contribution in [3.05, 3.63) is 28.2 Å². The molecule has 1 unspecified atom stereocenters. The predicted molar refractivity (Wildman–Crippen MR) is 87.1 cm³/mol. The molecule has 0 amide bonds. The minimum absolute atomic E-state index is 0.259. The van der Waals surface area contributed by atoms with Crippen LogP contribution < -0.4 is 10.5 Å². The number of hydrogen-bond acceptors (Lipinski definition) is 3. The summed E-state index contributed by atoms with van der Waals surface area (Å²) in [6.07, 6.45) is 2.59. The van der Waals surface area contributed by atoms with Gasteiger partial charge in [-0.25, -0.2) is 0 Å². The van der Waals surface area contributed by atoms with Crippen LogP contribution >= 0.6 is 15.9 Å². The van der Waals surface area contributed by atoms with Crippen molar-refractivity contribution in [1.29, 1.82) is 0 Å². The first kappa shape index (κ1) is 15.8. The number of hydrogen-bond donors (Lipinski definition) is 1. The molecular weight excluding hydrogens is 316 g/mol. The molecule has 0 aliphatic heterocycles. The number of benzene rings is 1. The number of ether oxygens (including phenoxy) is 1. The van der Waals surface area contributed by atoms with Gasteiger partial charge in [-0.3, -0.25) is 4.90 Å². The van der Waals surface area contributed by atoms with Gasteiger partial charge in [0.25, 0.3) is 0 Å². The van der Waals surface area contributed by atoms with Gasteiger partial charge >= 0.3 is 0 Å². The van der Waals surface area contributed by atoms with Gasteiger partial charge in [0.2, 0.25) is 0 Å². The first-order chi connectivity index (χ1) is 9.56. The lowest BCUT2D eigenvalue weighted by Crippen LogP contribution is -2.38. The van der Waals surface area contributed by atoms with Crippen LogP contribution in [-0.4, -0.2) is 31.1 Å². The molecule has 3 nitrogen and oxygen atoms in total. The van der Waals surface area contributed by atoms with Crippen LogP contribution in [0.15, 0.2) is 22.7 Å². The van der Waals surface area contributed by atoms with Gasteiger partial charge in [0, 0.05) is 29.6 Å². The van der Waals surface area contributed by atoms with Crippen LogP contribution in [0.25, 0.3) is 0 Å². The van der Waals surface area contributed by atoms with E-state index >= 15 is 0 Å². The first-order valence-electron chi connectivity index (χ1n) is 7.36. The van der Waals surface area contributed by atoms with Crippen molar-refractivity contribution in [3.8, 4) is 5.75 Å². The van der Waals surface area contributed by atoms with Crippen LogP contribution in [0.5, 0.6) is 5.75 Å². The van der Waals surface area contributed by atoms with Crippen LogP contribution in [0.2, 0.25) is 0 Å². The molecule has 112 valence electrons. The van der Waals surface area contributed by atoms with Crippen molar-refractivity contribution in [3.63, 3.8) is 0 Å². The van der Waals surface area contributed by atoms with Gasteiger partial charge in [0.1, 0.15) is 5.75 Å². The summed E-state index contributed by atoms with van der Waals surface area (Å²) in [4.78, 5) is 2.57. The summed E-state index contributed by atoms with van der Waals surface area (Å²) in [5.74, 6) is 1.54. The minimum atomic E-state index is 0.259. The Morgan fingerprint density at radius 3 is 2.60 bits per heavy atom. The molecule has 0 heterocycles. The van der Waals surface area contributed by atoms with Crippen molar-refractivity contribution in [2.45, 2.75) is 38.8 Å². The van der Waals surface area contributed by atoms with E-state index < -0.39 is 0 Å². The molecule has 2 N–H and O–H groups in total. The molecule has 0 spiro atoms. The molecule has 20 heavy (non-hydrogen) atoms. The fourth-order valence-corrected chi connectivity index (χ4v) is 3.21. The predicted octanol–water partition coefficient (Wildman–Crippen LogP) is 3.58. The average Bonchev–Trinajstić information content (AvgIpc) is 3.24. The Bertz CT molecular complexity index is 446. The molecule has 0 saturated heterocycles. The zero-order valence-corrected chi connectivity index (χ0v) is 14.2. The lowest BCUT2D eigenvalue weighted by molar-refractivity contribution is 0.169. The highest BCUT2D eigenvalue weighted by molar-refractivity contribution is 9.10. The SMILES string of the molecule is COc1ccc(Br)c(C(CN)N(CC(C)C)C2CC2)c1. The van der Waals surface area contributed by atoms with Gasteiger partial charge in [-0.15, -0.1) is 0 Å². The van der Waals surface area contributed by atoms with E-state index in [2.05, 4.69) is 46.8 Å². The molecule has 0 bridgehead atoms. The molecule has 0 radical (unpaired) electrons. The second-order valence-electron chi connectivity index (χ2n) is 5.96. The van der Waals surface area contributed by atoms with Gasteiger partial charge in [0.15, 0.2) is 0 Å². The highest BCUT2D eigenvalue weighted by atomic mass is 79.9. The monoisotopic (exact) mass is 340 g/mol. The number of nitrogens with two attached hydrogens (primary N) is 1. The van der Waals surface area contributed by atoms with E-state index in [1.165, 1.54) is 18.4 Å². The zero-order valence-electron chi connectivity index (χ0n) is 12.6. The summed E-state index contributed by atoms with van der Waals surface area (Å²) < 4.78 is 6.48. The smallest absolute Gasteiger partial charge is 0.119 e. The van der Waals surface area contributed by atoms with Gasteiger partial charge in [0.05, 0.1) is 7.11 Å². The van der Waals surface area contributed by atoms with Crippen molar-refractivity contribution in [2.24, 2.45) is 11.7 Å². The van der Waals surface area contributed by atoms with Gasteiger partial charge < -0.3 is 10.5 Å². The van der Waals surface area contributed by atoms with E-state index in [9.17, 15) is 0 Å². The largest absolute Gasteiger partial charge is 0.497 e. The maximum atomic E-state index is 6.10. The molecule has 1 saturated carbocycles. The van der Waals surface area contributed by atoms with Crippen molar-refractivity contribution in [2.75, 3.05) is 20.2 Å². The normalized spacial score (nSPS) is 16.8. The Hall–Kier alpha value is -0.580. The maximum absolute atomic E-state index is 6.10. The van der Waals surface area contributed by atoms with Crippen molar-refractivity contribution >= 4 is 15.9 Å². The molecule has 2 rings (SSSR count). The molecule has 1 fully saturated rings. The quantitative estimate of drug-likeness (QED) is 0.824. The van der Waals surface area contributed by atoms with Crippen LogP contribution in [0.4, 0.5) is 0 Å². The minimum Gasteiger partial charge on any atom is -0.497 e. The molecule has 1 aromatic rings. The highest BCUT2D eigenvalue weighted by Crippen LogP contribution is 2.38. The third kappa shape index (κ3) is 3.74. The topological polar surface area (TPSA) is 38.5 Å². The van der Waals surface area contributed by atoms with Crippen LogP contribution in [0.3, 0.4) is 0 Å². The zero-order chi connectivity index (χ0) is 14.7. The third-order valence-electron chi connectivity index (χ3n) is 3.78. The summed E-state index contributed by atoms with van der Waals surface area (Å²) in [6.45, 7) is 6.26. The summed E-state index contributed by atoms with van der Waals surface area (Å²) >= 11 is 3.67. The Labute approximate surface area is 130 Å². The number of methoxy groups -OCH3 is 1. The summed E-state index contributed by atoms with van der Waals surface area (Å²) in [7, 11) is 1.71. The second kappa shape index (κ2) is 6.92. The number of nitrogens with zero attached hydrogens (tertiary/aromatic N) is 1. The van der Waals surface area contributed by atoms with Gasteiger partial charge in [-0.1, -0.05) is 29.8 Å². The molecule has 1 aliphatic rings. The lowest BCUT2D eigenvalue weighted by atomic mass is 10.0. The van der Waals surface area contributed by atoms with Crippen LogP contribution in [0.1, 0.15) is 38.3 Å². The van der Waals surface area contributed by atoms with E-state index in [1.807, 2.05) is 6.07 Å². The van der Waals surface area contributed by atoms with E-state index in [4.69, 9.17) is 10.5 Å². The highest BCUT2D eigenvalue weighted by Gasteiger charge is 2.35. The fourth-order valence-electron chi connectivity index (χ4n) is 2.70. The van der Waals surface area contributed by atoms with Gasteiger partial charge in [-0.2, -0.15) is 0 Å². The first-order valence-corrected chi connectivity index (χ1v) is 8.15. The van der Waals surface area contributed by atoms with Crippen molar-refractivity contribution in [1.82, 2.24) is 4.90 Å². The third-order valence-corrected chi connectivity index (χ3v) is 4.50. The Morgan fingerprint density at radius 1 is 1.40 bits per heavy atom. The average molecular weight is 341 g/mol.